The Kier molecular flexibility index (Phi) is 5.13. The monoisotopic (exact) mass is 279 g/mol. The molecule has 5 nitrogen and oxygen atoms in total. The SMILES string of the molecule is Cc1ccc(OCC(C)(C)C(=O)NC(C)C(=O)O)cc1. The van der Waals surface area contributed by atoms with Gasteiger partial charge in [0.2, 0.25) is 5.91 Å². The molecule has 2 N–H and O–H groups in total. The second kappa shape index (κ2) is 6.41. The molecule has 0 aliphatic heterocycles. The highest BCUT2D eigenvalue weighted by atomic mass is 16.5. The van der Waals surface area contributed by atoms with Gasteiger partial charge in [-0.3, -0.25) is 9.59 Å². The molecular formula is C15H21NO4. The number of carboxylic acid groups (broad SMARTS) is 1. The number of hydrogen-bond acceptors (Lipinski definition) is 3. The van der Waals surface area contributed by atoms with Gasteiger partial charge >= 0.3 is 5.97 Å². The summed E-state index contributed by atoms with van der Waals surface area (Å²) >= 11 is 0. The van der Waals surface area contributed by atoms with Crippen LogP contribution in [0.5, 0.6) is 5.75 Å². The zero-order chi connectivity index (χ0) is 15.3. The zero-order valence-corrected chi connectivity index (χ0v) is 12.3. The molecule has 0 saturated carbocycles. The van der Waals surface area contributed by atoms with Gasteiger partial charge in [-0.1, -0.05) is 17.7 Å². The number of ether oxygens (including phenoxy) is 1. The van der Waals surface area contributed by atoms with Crippen LogP contribution in [0.15, 0.2) is 24.3 Å². The maximum Gasteiger partial charge on any atom is 0.325 e. The Hall–Kier alpha value is -2.04. The van der Waals surface area contributed by atoms with Crippen LogP contribution in [0.1, 0.15) is 26.3 Å². The Labute approximate surface area is 118 Å². The normalized spacial score (nSPS) is 12.6. The topological polar surface area (TPSA) is 75.6 Å². The predicted molar refractivity (Wildman–Crippen MR) is 75.7 cm³/mol. The fourth-order valence-corrected chi connectivity index (χ4v) is 1.42. The minimum atomic E-state index is -1.06. The number of benzene rings is 1. The summed E-state index contributed by atoms with van der Waals surface area (Å²) in [5.41, 5.74) is 0.318. The lowest BCUT2D eigenvalue weighted by Crippen LogP contribution is -2.47. The van der Waals surface area contributed by atoms with E-state index in [1.165, 1.54) is 6.92 Å². The van der Waals surface area contributed by atoms with Crippen molar-refractivity contribution in [1.82, 2.24) is 5.32 Å². The molecule has 0 radical (unpaired) electrons. The van der Waals surface area contributed by atoms with Crippen molar-refractivity contribution in [3.8, 4) is 5.75 Å². The standard InChI is InChI=1S/C15H21NO4/c1-10-5-7-12(8-6-10)20-9-15(3,4)14(19)16-11(2)13(17)18/h5-8,11H,9H2,1-4H3,(H,16,19)(H,17,18). The third-order valence-electron chi connectivity index (χ3n) is 2.95. The van der Waals surface area contributed by atoms with E-state index in [1.54, 1.807) is 13.8 Å². The molecular weight excluding hydrogens is 258 g/mol. The molecule has 0 saturated heterocycles. The van der Waals surface area contributed by atoms with Gasteiger partial charge in [0.15, 0.2) is 0 Å². The summed E-state index contributed by atoms with van der Waals surface area (Å²) in [6, 6.07) is 6.61. The minimum Gasteiger partial charge on any atom is -0.492 e. The van der Waals surface area contributed by atoms with E-state index in [2.05, 4.69) is 5.32 Å². The van der Waals surface area contributed by atoms with E-state index in [0.717, 1.165) is 5.56 Å². The molecule has 1 atom stereocenters. The Bertz CT molecular complexity index is 479. The van der Waals surface area contributed by atoms with Crippen molar-refractivity contribution >= 4 is 11.9 Å². The van der Waals surface area contributed by atoms with Crippen LogP contribution in [0.4, 0.5) is 0 Å². The van der Waals surface area contributed by atoms with Crippen LogP contribution in [0.2, 0.25) is 0 Å². The molecule has 0 aromatic heterocycles. The van der Waals surface area contributed by atoms with Crippen LogP contribution < -0.4 is 10.1 Å². The summed E-state index contributed by atoms with van der Waals surface area (Å²) in [6.45, 7) is 7.01. The van der Waals surface area contributed by atoms with Crippen molar-refractivity contribution in [1.29, 1.82) is 0 Å². The largest absolute Gasteiger partial charge is 0.492 e. The maximum absolute atomic E-state index is 12.0. The van der Waals surface area contributed by atoms with Crippen molar-refractivity contribution in [2.24, 2.45) is 5.41 Å². The van der Waals surface area contributed by atoms with Gasteiger partial charge in [0.25, 0.3) is 0 Å². The first-order valence-electron chi connectivity index (χ1n) is 6.45. The second-order valence-electron chi connectivity index (χ2n) is 5.52. The molecule has 1 aromatic carbocycles. The minimum absolute atomic E-state index is 0.175. The van der Waals surface area contributed by atoms with Crippen molar-refractivity contribution in [3.05, 3.63) is 29.8 Å². The van der Waals surface area contributed by atoms with E-state index in [4.69, 9.17) is 9.84 Å². The highest BCUT2D eigenvalue weighted by molar-refractivity contribution is 5.86. The van der Waals surface area contributed by atoms with Gasteiger partial charge in [-0.05, 0) is 39.8 Å². The molecule has 1 amide bonds. The number of amides is 1. The van der Waals surface area contributed by atoms with E-state index < -0.39 is 17.4 Å². The van der Waals surface area contributed by atoms with Crippen molar-refractivity contribution in [3.63, 3.8) is 0 Å². The van der Waals surface area contributed by atoms with E-state index in [9.17, 15) is 9.59 Å². The molecule has 5 heteroatoms. The number of aryl methyl sites for hydroxylation is 1. The number of rotatable bonds is 6. The molecule has 0 fully saturated rings. The molecule has 0 bridgehead atoms. The number of hydrogen-bond donors (Lipinski definition) is 2. The van der Waals surface area contributed by atoms with Crippen LogP contribution in [0.3, 0.4) is 0 Å². The molecule has 0 heterocycles. The fraction of sp³-hybridized carbons (Fsp3) is 0.467. The van der Waals surface area contributed by atoms with Crippen molar-refractivity contribution in [2.75, 3.05) is 6.61 Å². The first kappa shape index (κ1) is 16.0. The molecule has 1 aromatic rings. The molecule has 0 aliphatic rings. The molecule has 1 rings (SSSR count). The number of aliphatic carboxylic acids is 1. The highest BCUT2D eigenvalue weighted by Crippen LogP contribution is 2.19. The summed E-state index contributed by atoms with van der Waals surface area (Å²) in [7, 11) is 0. The van der Waals surface area contributed by atoms with Gasteiger partial charge in [0.05, 0.1) is 5.41 Å². The Balaban J connectivity index is 2.58. The third kappa shape index (κ3) is 4.57. The number of nitrogens with one attached hydrogen (secondary N) is 1. The van der Waals surface area contributed by atoms with Crippen molar-refractivity contribution in [2.45, 2.75) is 33.7 Å². The van der Waals surface area contributed by atoms with E-state index in [-0.39, 0.29) is 12.5 Å². The number of carbonyl (C=O) groups excluding carboxylic acids is 1. The van der Waals surface area contributed by atoms with E-state index in [0.29, 0.717) is 5.75 Å². The summed E-state index contributed by atoms with van der Waals surface area (Å²) < 4.78 is 5.58. The van der Waals surface area contributed by atoms with Crippen molar-refractivity contribution < 1.29 is 19.4 Å². The number of carboxylic acids is 1. The zero-order valence-electron chi connectivity index (χ0n) is 12.3. The average Bonchev–Trinajstić information content (AvgIpc) is 2.37. The number of carbonyl (C=O) groups is 2. The molecule has 20 heavy (non-hydrogen) atoms. The lowest BCUT2D eigenvalue weighted by Gasteiger charge is -2.25. The molecule has 0 aliphatic carbocycles. The van der Waals surface area contributed by atoms with Gasteiger partial charge in [0, 0.05) is 0 Å². The van der Waals surface area contributed by atoms with Crippen LogP contribution in [0.25, 0.3) is 0 Å². The van der Waals surface area contributed by atoms with Gasteiger partial charge in [0.1, 0.15) is 18.4 Å². The van der Waals surface area contributed by atoms with Gasteiger partial charge < -0.3 is 15.2 Å². The molecule has 1 unspecified atom stereocenters. The second-order valence-corrected chi connectivity index (χ2v) is 5.52. The quantitative estimate of drug-likeness (QED) is 0.835. The Morgan fingerprint density at radius 2 is 1.85 bits per heavy atom. The maximum atomic E-state index is 12.0. The Morgan fingerprint density at radius 3 is 2.35 bits per heavy atom. The van der Waals surface area contributed by atoms with E-state index >= 15 is 0 Å². The first-order chi connectivity index (χ1) is 9.22. The van der Waals surface area contributed by atoms with Crippen LogP contribution in [0, 0.1) is 12.3 Å². The fourth-order valence-electron chi connectivity index (χ4n) is 1.42. The average molecular weight is 279 g/mol. The summed E-state index contributed by atoms with van der Waals surface area (Å²) in [4.78, 5) is 22.7. The highest BCUT2D eigenvalue weighted by Gasteiger charge is 2.30. The molecule has 110 valence electrons. The summed E-state index contributed by atoms with van der Waals surface area (Å²) in [5, 5.41) is 11.2. The summed E-state index contributed by atoms with van der Waals surface area (Å²) in [5.74, 6) is -0.726. The smallest absolute Gasteiger partial charge is 0.325 e. The lowest BCUT2D eigenvalue weighted by atomic mass is 9.93. The van der Waals surface area contributed by atoms with E-state index in [1.807, 2.05) is 31.2 Å². The van der Waals surface area contributed by atoms with Gasteiger partial charge in [-0.15, -0.1) is 0 Å². The third-order valence-corrected chi connectivity index (χ3v) is 2.95. The molecule has 0 spiro atoms. The Morgan fingerprint density at radius 1 is 1.30 bits per heavy atom. The summed E-state index contributed by atoms with van der Waals surface area (Å²) in [6.07, 6.45) is 0. The van der Waals surface area contributed by atoms with Crippen LogP contribution in [-0.4, -0.2) is 29.6 Å². The predicted octanol–water partition coefficient (Wildman–Crippen LogP) is 1.99. The van der Waals surface area contributed by atoms with Crippen LogP contribution >= 0.6 is 0 Å². The van der Waals surface area contributed by atoms with Gasteiger partial charge in [-0.2, -0.15) is 0 Å². The van der Waals surface area contributed by atoms with Gasteiger partial charge in [-0.25, -0.2) is 0 Å². The lowest BCUT2D eigenvalue weighted by molar-refractivity contribution is -0.143. The van der Waals surface area contributed by atoms with Crippen LogP contribution in [-0.2, 0) is 9.59 Å². The first-order valence-corrected chi connectivity index (χ1v) is 6.45.